The zero-order valence-electron chi connectivity index (χ0n) is 17.9. The number of amides is 1. The average Bonchev–Trinajstić information content (AvgIpc) is 2.71. The van der Waals surface area contributed by atoms with E-state index in [1.165, 1.54) is 4.31 Å². The largest absolute Gasteiger partial charge is 0.473 e. The molecule has 1 saturated heterocycles. The lowest BCUT2D eigenvalue weighted by molar-refractivity contribution is -0.159. The number of carbonyl (C=O) groups excluding carboxylic acids is 1. The van der Waals surface area contributed by atoms with Gasteiger partial charge in [0, 0.05) is 31.2 Å². The molecule has 1 aliphatic heterocycles. The molecule has 0 saturated carbocycles. The Morgan fingerprint density at radius 3 is 2.16 bits per heavy atom. The van der Waals surface area contributed by atoms with Crippen molar-refractivity contribution in [1.82, 2.24) is 14.2 Å². The van der Waals surface area contributed by atoms with Crippen LogP contribution in [0, 0.1) is 5.41 Å². The first-order chi connectivity index (χ1) is 14.3. The van der Waals surface area contributed by atoms with Crippen molar-refractivity contribution in [2.45, 2.75) is 27.3 Å². The number of carboxylic acid groups (broad SMARTS) is 2. The van der Waals surface area contributed by atoms with Crippen molar-refractivity contribution < 1.29 is 37.8 Å². The number of aliphatic carboxylic acids is 2. The fourth-order valence-corrected chi connectivity index (χ4v) is 4.01. The van der Waals surface area contributed by atoms with E-state index in [2.05, 4.69) is 4.98 Å². The normalized spacial score (nSPS) is 14.8. The molecule has 1 aromatic rings. The molecule has 2 rings (SSSR count). The third kappa shape index (κ3) is 9.40. The van der Waals surface area contributed by atoms with Gasteiger partial charge in [-0.15, -0.1) is 0 Å². The summed E-state index contributed by atoms with van der Waals surface area (Å²) < 4.78 is 31.7. The summed E-state index contributed by atoms with van der Waals surface area (Å²) in [7, 11) is -3.41. The van der Waals surface area contributed by atoms with Crippen LogP contribution >= 0.6 is 0 Å². The van der Waals surface area contributed by atoms with Crippen molar-refractivity contribution in [1.29, 1.82) is 0 Å². The zero-order valence-corrected chi connectivity index (χ0v) is 18.7. The molecule has 1 aromatic heterocycles. The Balaban J connectivity index is 0.000000703. The van der Waals surface area contributed by atoms with Crippen LogP contribution in [-0.4, -0.2) is 89.3 Å². The van der Waals surface area contributed by atoms with Crippen molar-refractivity contribution in [2.24, 2.45) is 5.41 Å². The summed E-state index contributed by atoms with van der Waals surface area (Å²) in [5, 5.41) is 14.8. The van der Waals surface area contributed by atoms with Crippen molar-refractivity contribution in [3.05, 3.63) is 30.1 Å². The van der Waals surface area contributed by atoms with Crippen LogP contribution < -0.4 is 0 Å². The number of pyridine rings is 1. The van der Waals surface area contributed by atoms with Crippen LogP contribution in [0.15, 0.2) is 24.4 Å². The molecule has 0 unspecified atom stereocenters. The van der Waals surface area contributed by atoms with Gasteiger partial charge in [-0.2, -0.15) is 4.31 Å². The van der Waals surface area contributed by atoms with Crippen LogP contribution in [0.3, 0.4) is 0 Å². The minimum atomic E-state index is -3.41. The number of sulfonamides is 1. The van der Waals surface area contributed by atoms with E-state index in [4.69, 9.17) is 24.5 Å². The molecule has 1 aliphatic rings. The van der Waals surface area contributed by atoms with Crippen molar-refractivity contribution in [3.8, 4) is 0 Å². The number of ether oxygens (including phenoxy) is 1. The van der Waals surface area contributed by atoms with Gasteiger partial charge < -0.3 is 19.8 Å². The number of rotatable bonds is 6. The Kier molecular flexibility index (Phi) is 10.0. The molecule has 31 heavy (non-hydrogen) atoms. The molecule has 0 spiro atoms. The second kappa shape index (κ2) is 11.7. The first-order valence-corrected chi connectivity index (χ1v) is 11.2. The van der Waals surface area contributed by atoms with Crippen LogP contribution in [0.1, 0.15) is 26.5 Å². The molecule has 2 heterocycles. The summed E-state index contributed by atoms with van der Waals surface area (Å²) in [6, 6.07) is 5.49. The first-order valence-electron chi connectivity index (χ1n) is 9.55. The smallest absolute Gasteiger partial charge is 0.414 e. The van der Waals surface area contributed by atoms with Crippen molar-refractivity contribution in [2.75, 3.05) is 38.6 Å². The molecule has 0 bridgehead atoms. The molecule has 0 aromatic carbocycles. The number of aromatic nitrogens is 1. The monoisotopic (exact) mass is 459 g/mol. The van der Waals surface area contributed by atoms with Crippen LogP contribution in [0.4, 0.5) is 0 Å². The summed E-state index contributed by atoms with van der Waals surface area (Å²) in [5.41, 5.74) is 0.154. The van der Waals surface area contributed by atoms with Crippen LogP contribution in [0.25, 0.3) is 0 Å². The molecule has 2 N–H and O–H groups in total. The number of carboxylic acids is 2. The van der Waals surface area contributed by atoms with Crippen molar-refractivity contribution in [3.63, 3.8) is 0 Å². The van der Waals surface area contributed by atoms with Gasteiger partial charge in [-0.3, -0.25) is 9.78 Å². The predicted molar refractivity (Wildman–Crippen MR) is 111 cm³/mol. The highest BCUT2D eigenvalue weighted by molar-refractivity contribution is 7.89. The molecular formula is C19H29N3O8S. The first kappa shape index (κ1) is 26.5. The number of nitrogens with zero attached hydrogens (tertiary/aromatic N) is 3. The van der Waals surface area contributed by atoms with Gasteiger partial charge in [-0.25, -0.2) is 18.0 Å². The number of morpholine rings is 1. The molecule has 1 fully saturated rings. The molecule has 174 valence electrons. The summed E-state index contributed by atoms with van der Waals surface area (Å²) >= 11 is 0. The fraction of sp³-hybridized carbons (Fsp3) is 0.579. The quantitative estimate of drug-likeness (QED) is 0.571. The maximum atomic E-state index is 12.7. The van der Waals surface area contributed by atoms with E-state index < -0.39 is 27.4 Å². The third-order valence-electron chi connectivity index (χ3n) is 4.17. The van der Waals surface area contributed by atoms with E-state index in [-0.39, 0.29) is 18.2 Å². The summed E-state index contributed by atoms with van der Waals surface area (Å²) in [6.45, 7) is 7.51. The van der Waals surface area contributed by atoms with Gasteiger partial charge in [0.15, 0.2) is 0 Å². The second-order valence-electron chi connectivity index (χ2n) is 7.74. The lowest BCUT2D eigenvalue weighted by atomic mass is 9.94. The van der Waals surface area contributed by atoms with Gasteiger partial charge in [0.1, 0.15) is 0 Å². The van der Waals surface area contributed by atoms with E-state index >= 15 is 0 Å². The fourth-order valence-electron chi connectivity index (χ4n) is 2.59. The Morgan fingerprint density at radius 2 is 1.71 bits per heavy atom. The van der Waals surface area contributed by atoms with E-state index in [1.807, 2.05) is 39.0 Å². The highest BCUT2D eigenvalue weighted by Gasteiger charge is 2.30. The predicted octanol–water partition coefficient (Wildman–Crippen LogP) is 0.274. The van der Waals surface area contributed by atoms with Crippen LogP contribution in [0.5, 0.6) is 0 Å². The Hall–Kier alpha value is -2.57. The second-order valence-corrected chi connectivity index (χ2v) is 9.82. The maximum absolute atomic E-state index is 12.7. The molecular weight excluding hydrogens is 430 g/mol. The summed E-state index contributed by atoms with van der Waals surface area (Å²) in [6.07, 6.45) is 1.67. The summed E-state index contributed by atoms with van der Waals surface area (Å²) in [5.74, 6) is -3.83. The van der Waals surface area contributed by atoms with Gasteiger partial charge in [0.2, 0.25) is 15.9 Å². The Labute approximate surface area is 181 Å². The lowest BCUT2D eigenvalue weighted by Crippen LogP contribution is -2.46. The molecule has 1 amide bonds. The number of hydrogen-bond acceptors (Lipinski definition) is 7. The van der Waals surface area contributed by atoms with Gasteiger partial charge in [-0.1, -0.05) is 26.8 Å². The van der Waals surface area contributed by atoms with Gasteiger partial charge in [0.25, 0.3) is 0 Å². The number of hydrogen-bond donors (Lipinski definition) is 2. The molecule has 0 atom stereocenters. The average molecular weight is 460 g/mol. The molecule has 11 nitrogen and oxygen atoms in total. The van der Waals surface area contributed by atoms with Gasteiger partial charge in [-0.05, 0) is 12.1 Å². The topological polar surface area (TPSA) is 154 Å². The van der Waals surface area contributed by atoms with E-state index in [1.54, 1.807) is 11.1 Å². The SMILES string of the molecule is CC(C)(C)C(=O)N(CCS(=O)(=O)N1CCOCC1)Cc1ccccn1.O=C(O)C(=O)O. The van der Waals surface area contributed by atoms with Crippen LogP contribution in [-0.2, 0) is 35.7 Å². The zero-order chi connectivity index (χ0) is 23.7. The molecule has 12 heteroatoms. The number of carbonyl (C=O) groups is 3. The van der Waals surface area contributed by atoms with Gasteiger partial charge >= 0.3 is 11.9 Å². The van der Waals surface area contributed by atoms with Gasteiger partial charge in [0.05, 0.1) is 31.2 Å². The van der Waals surface area contributed by atoms with Crippen molar-refractivity contribution >= 4 is 27.9 Å². The summed E-state index contributed by atoms with van der Waals surface area (Å²) in [4.78, 5) is 36.8. The Bertz CT molecular complexity index is 835. The standard InChI is InChI=1S/C17H27N3O4S.C2H2O4/c1-17(2,3)16(21)19(14-15-6-4-5-7-18-15)10-13-25(22,23)20-8-11-24-12-9-20;3-1(4)2(5)6/h4-7H,8-14H2,1-3H3;(H,3,4)(H,5,6). The molecule has 0 aliphatic carbocycles. The Morgan fingerprint density at radius 1 is 1.13 bits per heavy atom. The van der Waals surface area contributed by atoms with E-state index in [0.29, 0.717) is 32.8 Å². The maximum Gasteiger partial charge on any atom is 0.414 e. The highest BCUT2D eigenvalue weighted by atomic mass is 32.2. The third-order valence-corrected chi connectivity index (χ3v) is 6.02. The minimum Gasteiger partial charge on any atom is -0.473 e. The van der Waals surface area contributed by atoms with E-state index in [0.717, 1.165) is 5.69 Å². The molecule has 0 radical (unpaired) electrons. The van der Waals surface area contributed by atoms with E-state index in [9.17, 15) is 13.2 Å². The van der Waals surface area contributed by atoms with Crippen LogP contribution in [0.2, 0.25) is 0 Å². The highest BCUT2D eigenvalue weighted by Crippen LogP contribution is 2.19. The lowest BCUT2D eigenvalue weighted by Gasteiger charge is -2.31. The minimum absolute atomic E-state index is 0.0877.